The van der Waals surface area contributed by atoms with Crippen molar-refractivity contribution >= 4 is 48.0 Å². The van der Waals surface area contributed by atoms with Gasteiger partial charge in [0.15, 0.2) is 15.0 Å². The van der Waals surface area contributed by atoms with Crippen LogP contribution in [0.1, 0.15) is 31.2 Å². The second-order valence-electron chi connectivity index (χ2n) is 9.09. The van der Waals surface area contributed by atoms with E-state index in [1.54, 1.807) is 0 Å². The number of aromatic nitrogens is 1. The molecule has 1 N–H and O–H groups in total. The van der Waals surface area contributed by atoms with E-state index in [0.29, 0.717) is 28.6 Å². The lowest BCUT2D eigenvalue weighted by Crippen LogP contribution is -2.15. The molecule has 6 nitrogen and oxygen atoms in total. The van der Waals surface area contributed by atoms with Crippen LogP contribution >= 0.6 is 11.3 Å². The van der Waals surface area contributed by atoms with Gasteiger partial charge in [0.1, 0.15) is 18.1 Å². The SMILES string of the molecule is O=C(Nc1nc2ccc(OC(F)F)cc2s1)/C(=C/[C@H]1C[C@@H](F)[C@@H](F)C1)c1ccc(S(=O)(=O)C2CC2)cc1. The summed E-state index contributed by atoms with van der Waals surface area (Å²) in [5, 5.41) is 2.47. The molecule has 2 saturated carbocycles. The van der Waals surface area contributed by atoms with Crippen molar-refractivity contribution in [3.05, 3.63) is 54.1 Å². The minimum absolute atomic E-state index is 0.0476. The highest BCUT2D eigenvalue weighted by Crippen LogP contribution is 2.36. The van der Waals surface area contributed by atoms with Gasteiger partial charge in [-0.2, -0.15) is 8.78 Å². The predicted octanol–water partition coefficient (Wildman–Crippen LogP) is 5.94. The zero-order chi connectivity index (χ0) is 26.3. The van der Waals surface area contributed by atoms with Crippen molar-refractivity contribution < 1.29 is 35.5 Å². The summed E-state index contributed by atoms with van der Waals surface area (Å²) in [6, 6.07) is 10.1. The number of hydrogen-bond acceptors (Lipinski definition) is 6. The average molecular weight is 555 g/mol. The summed E-state index contributed by atoms with van der Waals surface area (Å²) in [6.07, 6.45) is -0.636. The number of anilines is 1. The van der Waals surface area contributed by atoms with Crippen molar-refractivity contribution in [2.45, 2.75) is 54.8 Å². The first-order valence-electron chi connectivity index (χ1n) is 11.6. The Hall–Kier alpha value is -2.99. The first kappa shape index (κ1) is 25.7. The van der Waals surface area contributed by atoms with Gasteiger partial charge in [-0.1, -0.05) is 29.5 Å². The minimum Gasteiger partial charge on any atom is -0.435 e. The number of halogens is 4. The summed E-state index contributed by atoms with van der Waals surface area (Å²) in [5.41, 5.74) is 0.972. The molecule has 2 fully saturated rings. The summed E-state index contributed by atoms with van der Waals surface area (Å²) in [7, 11) is -3.42. The Morgan fingerprint density at radius 2 is 1.76 bits per heavy atom. The molecule has 0 bridgehead atoms. The van der Waals surface area contributed by atoms with E-state index in [1.165, 1.54) is 48.5 Å². The Morgan fingerprint density at radius 3 is 2.38 bits per heavy atom. The molecule has 0 aliphatic heterocycles. The molecule has 196 valence electrons. The summed E-state index contributed by atoms with van der Waals surface area (Å²) in [6.45, 7) is -2.98. The van der Waals surface area contributed by atoms with Crippen molar-refractivity contribution in [1.82, 2.24) is 4.98 Å². The molecule has 3 atom stereocenters. The normalized spacial score (nSPS) is 22.5. The fourth-order valence-corrected chi connectivity index (χ4v) is 6.89. The van der Waals surface area contributed by atoms with Crippen LogP contribution in [0, 0.1) is 5.92 Å². The number of allylic oxidation sites excluding steroid dienone is 1. The number of hydrogen-bond donors (Lipinski definition) is 1. The molecule has 2 aliphatic carbocycles. The van der Waals surface area contributed by atoms with Gasteiger partial charge in [0.25, 0.3) is 5.91 Å². The van der Waals surface area contributed by atoms with Crippen LogP contribution in [-0.4, -0.2) is 43.5 Å². The Morgan fingerprint density at radius 1 is 1.08 bits per heavy atom. The smallest absolute Gasteiger partial charge is 0.387 e. The summed E-state index contributed by atoms with van der Waals surface area (Å²) < 4.78 is 82.7. The third kappa shape index (κ3) is 5.64. The highest BCUT2D eigenvalue weighted by molar-refractivity contribution is 7.92. The molecule has 0 radical (unpaired) electrons. The van der Waals surface area contributed by atoms with Gasteiger partial charge in [0.05, 0.1) is 20.4 Å². The largest absolute Gasteiger partial charge is 0.435 e. The summed E-state index contributed by atoms with van der Waals surface area (Å²) in [5.74, 6) is -1.17. The first-order valence-corrected chi connectivity index (χ1v) is 14.0. The lowest BCUT2D eigenvalue weighted by molar-refractivity contribution is -0.111. The number of ether oxygens (including phenoxy) is 1. The number of carbonyl (C=O) groups is 1. The highest BCUT2D eigenvalue weighted by atomic mass is 32.2. The molecule has 37 heavy (non-hydrogen) atoms. The van der Waals surface area contributed by atoms with Gasteiger partial charge in [-0.15, -0.1) is 0 Å². The maximum Gasteiger partial charge on any atom is 0.387 e. The maximum atomic E-state index is 13.8. The number of nitrogens with one attached hydrogen (secondary N) is 1. The zero-order valence-corrected chi connectivity index (χ0v) is 20.9. The van der Waals surface area contributed by atoms with Crippen molar-refractivity contribution in [2.75, 3.05) is 5.32 Å². The molecule has 1 aromatic heterocycles. The number of sulfone groups is 1. The third-order valence-electron chi connectivity index (χ3n) is 6.36. The Labute approximate surface area is 214 Å². The first-order chi connectivity index (χ1) is 17.6. The fraction of sp³-hybridized carbons (Fsp3) is 0.360. The highest BCUT2D eigenvalue weighted by Gasteiger charge is 2.37. The van der Waals surface area contributed by atoms with Crippen molar-refractivity contribution in [1.29, 1.82) is 0 Å². The molecule has 5 rings (SSSR count). The molecule has 0 saturated heterocycles. The number of thiazole rings is 1. The lowest BCUT2D eigenvalue weighted by atomic mass is 9.98. The van der Waals surface area contributed by atoms with Gasteiger partial charge in [-0.3, -0.25) is 10.1 Å². The van der Waals surface area contributed by atoms with E-state index in [0.717, 1.165) is 11.3 Å². The molecule has 2 aliphatic rings. The van der Waals surface area contributed by atoms with Crippen LogP contribution < -0.4 is 10.1 Å². The number of fused-ring (bicyclic) bond motifs is 1. The zero-order valence-electron chi connectivity index (χ0n) is 19.2. The quantitative estimate of drug-likeness (QED) is 0.275. The van der Waals surface area contributed by atoms with Crippen molar-refractivity contribution in [3.8, 4) is 5.75 Å². The van der Waals surface area contributed by atoms with E-state index < -0.39 is 40.6 Å². The van der Waals surface area contributed by atoms with Gasteiger partial charge in [0.2, 0.25) is 0 Å². The molecule has 0 unspecified atom stereocenters. The van der Waals surface area contributed by atoms with Crippen molar-refractivity contribution in [3.63, 3.8) is 0 Å². The molecule has 12 heteroatoms. The van der Waals surface area contributed by atoms with Gasteiger partial charge in [0, 0.05) is 5.57 Å². The van der Waals surface area contributed by atoms with Gasteiger partial charge < -0.3 is 4.74 Å². The molecular weight excluding hydrogens is 532 g/mol. The maximum absolute atomic E-state index is 13.8. The molecule has 1 amide bonds. The summed E-state index contributed by atoms with van der Waals surface area (Å²) in [4.78, 5) is 17.8. The molecular formula is C25H22F4N2O4S2. The Kier molecular flexibility index (Phi) is 6.97. The molecule has 1 heterocycles. The van der Waals surface area contributed by atoms with Crippen LogP contribution in [0.4, 0.5) is 22.7 Å². The third-order valence-corrected chi connectivity index (χ3v) is 9.57. The van der Waals surface area contributed by atoms with E-state index in [4.69, 9.17) is 0 Å². The van der Waals surface area contributed by atoms with Gasteiger partial charge in [-0.05, 0) is 67.5 Å². The predicted molar refractivity (Wildman–Crippen MR) is 132 cm³/mol. The average Bonchev–Trinajstić information content (AvgIpc) is 3.56. The Bertz CT molecular complexity index is 1440. The summed E-state index contributed by atoms with van der Waals surface area (Å²) >= 11 is 1.04. The van der Waals surface area contributed by atoms with Crippen LogP contribution in [-0.2, 0) is 14.6 Å². The number of amides is 1. The lowest BCUT2D eigenvalue weighted by Gasteiger charge is -2.12. The standard InChI is InChI=1S/C25H22F4N2O4S2/c26-19-10-13(11-20(19)27)9-18(14-1-4-16(5-2-14)37(33,34)17-6-7-17)23(32)31-25-30-21-8-3-15(35-24(28)29)12-22(21)36-25/h1-5,8-9,12-13,17,19-20,24H,6-7,10-11H2,(H,30,31,32)/b18-9+/t13-,19+,20-. The van der Waals surface area contributed by atoms with Crippen LogP contribution in [0.15, 0.2) is 53.4 Å². The van der Waals surface area contributed by atoms with Crippen molar-refractivity contribution in [2.24, 2.45) is 5.92 Å². The molecule has 2 aromatic carbocycles. The minimum atomic E-state index is -3.42. The van der Waals surface area contributed by atoms with Crippen LogP contribution in [0.25, 0.3) is 15.8 Å². The molecule has 3 aromatic rings. The van der Waals surface area contributed by atoms with Crippen LogP contribution in [0.3, 0.4) is 0 Å². The number of rotatable bonds is 8. The fourth-order valence-electron chi connectivity index (χ4n) is 4.34. The number of benzene rings is 2. The number of alkyl halides is 4. The number of nitrogens with zero attached hydrogens (tertiary/aromatic N) is 1. The second kappa shape index (κ2) is 10.1. The van der Waals surface area contributed by atoms with E-state index in [9.17, 15) is 30.8 Å². The monoisotopic (exact) mass is 554 g/mol. The topological polar surface area (TPSA) is 85.4 Å². The molecule has 0 spiro atoms. The van der Waals surface area contributed by atoms with E-state index in [2.05, 4.69) is 15.0 Å². The second-order valence-corrected chi connectivity index (χ2v) is 12.4. The van der Waals surface area contributed by atoms with Crippen LogP contribution in [0.2, 0.25) is 0 Å². The van der Waals surface area contributed by atoms with Crippen LogP contribution in [0.5, 0.6) is 5.75 Å². The van der Waals surface area contributed by atoms with Gasteiger partial charge >= 0.3 is 6.61 Å². The van der Waals surface area contributed by atoms with Gasteiger partial charge in [-0.25, -0.2) is 22.2 Å². The van der Waals surface area contributed by atoms with E-state index in [1.807, 2.05) is 0 Å². The van der Waals surface area contributed by atoms with E-state index in [-0.39, 0.29) is 39.4 Å². The Balaban J connectivity index is 1.42. The number of carbonyl (C=O) groups excluding carboxylic acids is 1. The van der Waals surface area contributed by atoms with E-state index >= 15 is 0 Å².